The minimum absolute atomic E-state index is 0.0790. The smallest absolute Gasteiger partial charge is 0.251 e. The SMILES string of the molecule is CCN(CC)S(=O)(=O)c1cc(C(=O)NCc2ccc(-n3cccn3)cc2)ccc1F. The molecule has 0 aliphatic heterocycles. The zero-order valence-corrected chi connectivity index (χ0v) is 17.6. The van der Waals surface area contributed by atoms with E-state index in [-0.39, 0.29) is 25.2 Å². The van der Waals surface area contributed by atoms with Crippen molar-refractivity contribution < 1.29 is 17.6 Å². The number of sulfonamides is 1. The number of carbonyl (C=O) groups excluding carboxylic acids is 1. The highest BCUT2D eigenvalue weighted by Gasteiger charge is 2.26. The van der Waals surface area contributed by atoms with Gasteiger partial charge in [0.25, 0.3) is 5.91 Å². The summed E-state index contributed by atoms with van der Waals surface area (Å²) < 4.78 is 42.4. The first-order valence-corrected chi connectivity index (χ1v) is 11.0. The van der Waals surface area contributed by atoms with Crippen molar-refractivity contribution >= 4 is 15.9 Å². The average Bonchev–Trinajstić information content (AvgIpc) is 3.28. The third kappa shape index (κ3) is 4.58. The topological polar surface area (TPSA) is 84.3 Å². The Hall–Kier alpha value is -3.04. The summed E-state index contributed by atoms with van der Waals surface area (Å²) in [5, 5.41) is 6.89. The van der Waals surface area contributed by atoms with Crippen LogP contribution in [0.1, 0.15) is 29.8 Å². The first-order chi connectivity index (χ1) is 14.4. The Balaban J connectivity index is 1.73. The molecular weight excluding hydrogens is 407 g/mol. The number of benzene rings is 2. The molecule has 0 aliphatic carbocycles. The maximum absolute atomic E-state index is 14.2. The van der Waals surface area contributed by atoms with Crippen LogP contribution in [0.5, 0.6) is 0 Å². The molecule has 9 heteroatoms. The lowest BCUT2D eigenvalue weighted by Crippen LogP contribution is -2.31. The van der Waals surface area contributed by atoms with Gasteiger partial charge in [0.1, 0.15) is 10.7 Å². The van der Waals surface area contributed by atoms with Crippen LogP contribution in [0.3, 0.4) is 0 Å². The molecule has 0 aliphatic rings. The second-order valence-electron chi connectivity index (χ2n) is 6.53. The predicted molar refractivity (Wildman–Crippen MR) is 111 cm³/mol. The standard InChI is InChI=1S/C21H23FN4O3S/c1-3-25(4-2)30(28,29)20-14-17(8-11-19(20)22)21(27)23-15-16-6-9-18(10-7-16)26-13-5-12-24-26/h5-14H,3-4,15H2,1-2H3,(H,23,27). The van der Waals surface area contributed by atoms with Crippen LogP contribution in [-0.2, 0) is 16.6 Å². The number of nitrogens with one attached hydrogen (secondary N) is 1. The normalized spacial score (nSPS) is 11.6. The van der Waals surface area contributed by atoms with Gasteiger partial charge in [-0.2, -0.15) is 9.40 Å². The Kier molecular flexibility index (Phi) is 6.63. The molecule has 3 rings (SSSR count). The van der Waals surface area contributed by atoms with Gasteiger partial charge < -0.3 is 5.32 Å². The van der Waals surface area contributed by atoms with Gasteiger partial charge in [-0.05, 0) is 42.0 Å². The van der Waals surface area contributed by atoms with Crippen molar-refractivity contribution in [1.29, 1.82) is 0 Å². The minimum atomic E-state index is -4.01. The first-order valence-electron chi connectivity index (χ1n) is 9.53. The van der Waals surface area contributed by atoms with E-state index in [4.69, 9.17) is 0 Å². The fourth-order valence-corrected chi connectivity index (χ4v) is 4.57. The molecule has 0 fully saturated rings. The quantitative estimate of drug-likeness (QED) is 0.596. The van der Waals surface area contributed by atoms with Crippen molar-refractivity contribution in [3.05, 3.63) is 77.9 Å². The summed E-state index contributed by atoms with van der Waals surface area (Å²) in [5.74, 6) is -1.37. The Bertz CT molecular complexity index is 1110. The molecule has 0 bridgehead atoms. The molecule has 0 atom stereocenters. The number of nitrogens with zero attached hydrogens (tertiary/aromatic N) is 3. The summed E-state index contributed by atoms with van der Waals surface area (Å²) in [6.07, 6.45) is 3.51. The molecule has 0 unspecified atom stereocenters. The van der Waals surface area contributed by atoms with Crippen molar-refractivity contribution in [1.82, 2.24) is 19.4 Å². The lowest BCUT2D eigenvalue weighted by atomic mass is 10.2. The van der Waals surface area contributed by atoms with E-state index in [0.717, 1.165) is 27.7 Å². The monoisotopic (exact) mass is 430 g/mol. The lowest BCUT2D eigenvalue weighted by Gasteiger charge is -2.19. The highest BCUT2D eigenvalue weighted by Crippen LogP contribution is 2.21. The molecule has 2 aromatic carbocycles. The molecule has 1 amide bonds. The fraction of sp³-hybridized carbons (Fsp3) is 0.238. The maximum Gasteiger partial charge on any atom is 0.251 e. The summed E-state index contributed by atoms with van der Waals surface area (Å²) in [6.45, 7) is 4.01. The van der Waals surface area contributed by atoms with Gasteiger partial charge in [-0.3, -0.25) is 4.79 Å². The van der Waals surface area contributed by atoms with E-state index < -0.39 is 26.6 Å². The summed E-state index contributed by atoms with van der Waals surface area (Å²) in [5.41, 5.74) is 1.83. The molecule has 158 valence electrons. The van der Waals surface area contributed by atoms with Crippen molar-refractivity contribution in [2.24, 2.45) is 0 Å². The van der Waals surface area contributed by atoms with Crippen molar-refractivity contribution in [2.75, 3.05) is 13.1 Å². The molecule has 3 aromatic rings. The van der Waals surface area contributed by atoms with Crippen molar-refractivity contribution in [3.63, 3.8) is 0 Å². The van der Waals surface area contributed by atoms with Crippen LogP contribution >= 0.6 is 0 Å². The van der Waals surface area contributed by atoms with Gasteiger partial charge in [-0.25, -0.2) is 17.5 Å². The third-order valence-electron chi connectivity index (χ3n) is 4.67. The maximum atomic E-state index is 14.2. The molecule has 7 nitrogen and oxygen atoms in total. The number of halogens is 1. The van der Waals surface area contributed by atoms with Gasteiger partial charge in [-0.1, -0.05) is 26.0 Å². The molecule has 30 heavy (non-hydrogen) atoms. The minimum Gasteiger partial charge on any atom is -0.348 e. The van der Waals surface area contributed by atoms with Gasteiger partial charge in [0.2, 0.25) is 10.0 Å². The van der Waals surface area contributed by atoms with E-state index >= 15 is 0 Å². The molecule has 0 spiro atoms. The number of rotatable bonds is 8. The third-order valence-corrected chi connectivity index (χ3v) is 6.74. The summed E-state index contributed by atoms with van der Waals surface area (Å²) in [6, 6.07) is 12.7. The lowest BCUT2D eigenvalue weighted by molar-refractivity contribution is 0.0950. The van der Waals surface area contributed by atoms with E-state index in [1.807, 2.05) is 36.5 Å². The second kappa shape index (κ2) is 9.19. The van der Waals surface area contributed by atoms with Crippen molar-refractivity contribution in [2.45, 2.75) is 25.3 Å². The molecule has 0 saturated heterocycles. The van der Waals surface area contributed by atoms with Gasteiger partial charge in [0, 0.05) is 37.6 Å². The van der Waals surface area contributed by atoms with E-state index in [2.05, 4.69) is 10.4 Å². The molecular formula is C21H23FN4O3S. The second-order valence-corrected chi connectivity index (χ2v) is 8.44. The van der Waals surface area contributed by atoms with Crippen LogP contribution in [0, 0.1) is 5.82 Å². The molecule has 0 radical (unpaired) electrons. The van der Waals surface area contributed by atoms with Crippen LogP contribution in [0.4, 0.5) is 4.39 Å². The number of hydrogen-bond acceptors (Lipinski definition) is 4. The molecule has 0 saturated carbocycles. The van der Waals surface area contributed by atoms with Crippen LogP contribution in [0.25, 0.3) is 5.69 Å². The molecule has 1 aromatic heterocycles. The van der Waals surface area contributed by atoms with Crippen molar-refractivity contribution in [3.8, 4) is 5.69 Å². The first kappa shape index (κ1) is 21.7. The Morgan fingerprint density at radius 1 is 1.13 bits per heavy atom. The van der Waals surface area contributed by atoms with E-state index in [9.17, 15) is 17.6 Å². The van der Waals surface area contributed by atoms with Crippen LogP contribution in [0.15, 0.2) is 65.8 Å². The largest absolute Gasteiger partial charge is 0.348 e. The van der Waals surface area contributed by atoms with Crippen LogP contribution in [0.2, 0.25) is 0 Å². The zero-order valence-electron chi connectivity index (χ0n) is 16.7. The average molecular weight is 431 g/mol. The van der Waals surface area contributed by atoms with Crippen LogP contribution in [-0.4, -0.2) is 41.5 Å². The van der Waals surface area contributed by atoms with E-state index in [1.165, 1.54) is 6.07 Å². The van der Waals surface area contributed by atoms with E-state index in [0.29, 0.717) is 0 Å². The number of carbonyl (C=O) groups is 1. The van der Waals surface area contributed by atoms with Crippen LogP contribution < -0.4 is 5.32 Å². The van der Waals surface area contributed by atoms with Gasteiger partial charge >= 0.3 is 0 Å². The number of hydrogen-bond donors (Lipinski definition) is 1. The predicted octanol–water partition coefficient (Wildman–Crippen LogP) is 2.97. The Morgan fingerprint density at radius 2 is 1.83 bits per heavy atom. The highest BCUT2D eigenvalue weighted by atomic mass is 32.2. The van der Waals surface area contributed by atoms with Gasteiger partial charge in [0.15, 0.2) is 0 Å². The zero-order chi connectivity index (χ0) is 21.7. The van der Waals surface area contributed by atoms with E-state index in [1.54, 1.807) is 24.7 Å². The number of aromatic nitrogens is 2. The summed E-state index contributed by atoms with van der Waals surface area (Å²) in [4.78, 5) is 12.0. The molecule has 1 heterocycles. The Labute approximate surface area is 175 Å². The molecule has 1 N–H and O–H groups in total. The summed E-state index contributed by atoms with van der Waals surface area (Å²) >= 11 is 0. The summed E-state index contributed by atoms with van der Waals surface area (Å²) in [7, 11) is -4.01. The highest BCUT2D eigenvalue weighted by molar-refractivity contribution is 7.89. The fourth-order valence-electron chi connectivity index (χ4n) is 3.02. The number of amides is 1. The Morgan fingerprint density at radius 3 is 2.43 bits per heavy atom. The van der Waals surface area contributed by atoms with Gasteiger partial charge in [0.05, 0.1) is 5.69 Å². The van der Waals surface area contributed by atoms with Gasteiger partial charge in [-0.15, -0.1) is 0 Å².